The van der Waals surface area contributed by atoms with Gasteiger partial charge in [0.1, 0.15) is 0 Å². The van der Waals surface area contributed by atoms with E-state index in [1.54, 1.807) is 0 Å². The van der Waals surface area contributed by atoms with Crippen molar-refractivity contribution in [2.24, 2.45) is 11.5 Å². The van der Waals surface area contributed by atoms with Gasteiger partial charge in [-0.25, -0.2) is 0 Å². The second-order valence-corrected chi connectivity index (χ2v) is 3.97. The van der Waals surface area contributed by atoms with Gasteiger partial charge in [-0.2, -0.15) is 0 Å². The molecule has 0 radical (unpaired) electrons. The van der Waals surface area contributed by atoms with E-state index in [-0.39, 0.29) is 11.7 Å². The second-order valence-electron chi connectivity index (χ2n) is 3.97. The van der Waals surface area contributed by atoms with Gasteiger partial charge in [0.25, 0.3) is 0 Å². The first kappa shape index (κ1) is 14.4. The van der Waals surface area contributed by atoms with Crippen LogP contribution in [0.3, 0.4) is 0 Å². The molecule has 98 valence electrons. The molecule has 0 saturated heterocycles. The lowest BCUT2D eigenvalue weighted by molar-refractivity contribution is 0.103. The number of nitrogens with two attached hydrogens (primary N) is 2. The second kappa shape index (κ2) is 6.96. The monoisotopic (exact) mass is 255 g/mol. The molecule has 0 spiro atoms. The van der Waals surface area contributed by atoms with Crippen molar-refractivity contribution in [3.8, 4) is 0 Å². The Morgan fingerprint density at radius 2 is 1.42 bits per heavy atom. The van der Waals surface area contributed by atoms with Gasteiger partial charge in [0.2, 0.25) is 0 Å². The molecule has 0 saturated carbocycles. The minimum atomic E-state index is -0.333. The molecule has 2 rings (SSSR count). The Morgan fingerprint density at radius 3 is 1.95 bits per heavy atom. The van der Waals surface area contributed by atoms with Gasteiger partial charge in [0.05, 0.1) is 0 Å². The molecule has 0 bridgehead atoms. The fourth-order valence-electron chi connectivity index (χ4n) is 1.57. The summed E-state index contributed by atoms with van der Waals surface area (Å²) in [6.07, 6.45) is 0. The number of ketones is 1. The van der Waals surface area contributed by atoms with Crippen LogP contribution in [-0.4, -0.2) is 11.7 Å². The molecule has 0 fully saturated rings. The van der Waals surface area contributed by atoms with Gasteiger partial charge in [0, 0.05) is 11.1 Å². The third-order valence-electron chi connectivity index (χ3n) is 2.43. The molecule has 0 atom stereocenters. The zero-order valence-electron chi connectivity index (χ0n) is 10.8. The first-order valence-corrected chi connectivity index (χ1v) is 5.77. The number of rotatable bonds is 2. The van der Waals surface area contributed by atoms with Gasteiger partial charge in [-0.05, 0) is 12.5 Å². The van der Waals surface area contributed by atoms with E-state index in [9.17, 15) is 4.79 Å². The van der Waals surface area contributed by atoms with E-state index in [1.807, 2.05) is 61.5 Å². The number of hydrogen-bond acceptors (Lipinski definition) is 2. The normalized spacial score (nSPS) is 9.11. The largest absolute Gasteiger partial charge is 0.370 e. The van der Waals surface area contributed by atoms with Crippen LogP contribution in [0, 0.1) is 12.3 Å². The SMILES string of the molecule is Cc1ccccc1C(=O)c1ccccc1.N=C(N)N. The number of carbonyl (C=O) groups excluding carboxylic acids is 1. The van der Waals surface area contributed by atoms with Crippen molar-refractivity contribution in [3.63, 3.8) is 0 Å². The zero-order chi connectivity index (χ0) is 14.3. The fourth-order valence-corrected chi connectivity index (χ4v) is 1.57. The van der Waals surface area contributed by atoms with Crippen LogP contribution in [0.25, 0.3) is 0 Å². The Kier molecular flexibility index (Phi) is 5.29. The molecule has 2 aromatic rings. The summed E-state index contributed by atoms with van der Waals surface area (Å²) >= 11 is 0. The fraction of sp³-hybridized carbons (Fsp3) is 0.0667. The van der Waals surface area contributed by atoms with Crippen molar-refractivity contribution >= 4 is 11.7 Å². The van der Waals surface area contributed by atoms with Gasteiger partial charge in [0.15, 0.2) is 11.7 Å². The van der Waals surface area contributed by atoms with E-state index in [4.69, 9.17) is 5.41 Å². The van der Waals surface area contributed by atoms with Gasteiger partial charge >= 0.3 is 0 Å². The number of carbonyl (C=O) groups is 1. The summed E-state index contributed by atoms with van der Waals surface area (Å²) in [6, 6.07) is 17.0. The number of nitrogens with one attached hydrogen (secondary N) is 1. The van der Waals surface area contributed by atoms with Crippen molar-refractivity contribution in [1.82, 2.24) is 0 Å². The Hall–Kier alpha value is -2.62. The molecule has 0 aliphatic rings. The van der Waals surface area contributed by atoms with Gasteiger partial charge < -0.3 is 11.5 Å². The Balaban J connectivity index is 0.000000399. The third-order valence-corrected chi connectivity index (χ3v) is 2.43. The highest BCUT2D eigenvalue weighted by molar-refractivity contribution is 6.09. The average molecular weight is 255 g/mol. The zero-order valence-corrected chi connectivity index (χ0v) is 10.8. The third kappa shape index (κ3) is 4.63. The molecule has 2 aromatic carbocycles. The standard InChI is InChI=1S/C14H12O.CH5N3/c1-11-7-5-6-10-13(11)14(15)12-8-3-2-4-9-12;2-1(3)4/h2-10H,1H3;(H5,2,3,4). The maximum absolute atomic E-state index is 12.1. The number of guanidine groups is 1. The minimum Gasteiger partial charge on any atom is -0.370 e. The molecule has 19 heavy (non-hydrogen) atoms. The molecule has 5 N–H and O–H groups in total. The van der Waals surface area contributed by atoms with Crippen molar-refractivity contribution < 1.29 is 4.79 Å². The average Bonchev–Trinajstić information content (AvgIpc) is 2.39. The van der Waals surface area contributed by atoms with Crippen LogP contribution in [0.1, 0.15) is 21.5 Å². The lowest BCUT2D eigenvalue weighted by Crippen LogP contribution is -2.20. The molecule has 0 aromatic heterocycles. The van der Waals surface area contributed by atoms with Gasteiger partial charge in [-0.15, -0.1) is 0 Å². The van der Waals surface area contributed by atoms with E-state index in [0.717, 1.165) is 16.7 Å². The van der Waals surface area contributed by atoms with E-state index in [1.165, 1.54) is 0 Å². The summed E-state index contributed by atoms with van der Waals surface area (Å²) in [5.41, 5.74) is 11.5. The van der Waals surface area contributed by atoms with Crippen LogP contribution in [0.4, 0.5) is 0 Å². The van der Waals surface area contributed by atoms with Crippen molar-refractivity contribution in [2.45, 2.75) is 6.92 Å². The van der Waals surface area contributed by atoms with Crippen LogP contribution in [0.15, 0.2) is 54.6 Å². The molecule has 0 aliphatic carbocycles. The summed E-state index contributed by atoms with van der Waals surface area (Å²) in [7, 11) is 0. The lowest BCUT2D eigenvalue weighted by Gasteiger charge is -2.03. The van der Waals surface area contributed by atoms with E-state index >= 15 is 0 Å². The first-order valence-electron chi connectivity index (χ1n) is 5.77. The highest BCUT2D eigenvalue weighted by atomic mass is 16.1. The van der Waals surface area contributed by atoms with Crippen molar-refractivity contribution in [1.29, 1.82) is 5.41 Å². The molecule has 4 nitrogen and oxygen atoms in total. The van der Waals surface area contributed by atoms with Crippen molar-refractivity contribution in [3.05, 3.63) is 71.3 Å². The molecular weight excluding hydrogens is 238 g/mol. The minimum absolute atomic E-state index is 0.0914. The number of hydrogen-bond donors (Lipinski definition) is 3. The number of benzene rings is 2. The quantitative estimate of drug-likeness (QED) is 0.435. The summed E-state index contributed by atoms with van der Waals surface area (Å²) in [5.74, 6) is -0.242. The van der Waals surface area contributed by atoms with Crippen LogP contribution in [0.2, 0.25) is 0 Å². The Labute approximate surface area is 112 Å². The summed E-state index contributed by atoms with van der Waals surface area (Å²) in [4.78, 5) is 12.1. The Morgan fingerprint density at radius 1 is 0.947 bits per heavy atom. The topological polar surface area (TPSA) is 93.0 Å². The van der Waals surface area contributed by atoms with Crippen molar-refractivity contribution in [2.75, 3.05) is 0 Å². The van der Waals surface area contributed by atoms with Crippen LogP contribution >= 0.6 is 0 Å². The smallest absolute Gasteiger partial charge is 0.193 e. The molecule has 4 heteroatoms. The van der Waals surface area contributed by atoms with Gasteiger partial charge in [-0.3, -0.25) is 10.2 Å². The van der Waals surface area contributed by atoms with E-state index in [2.05, 4.69) is 11.5 Å². The van der Waals surface area contributed by atoms with Gasteiger partial charge in [-0.1, -0.05) is 54.6 Å². The molecular formula is C15H17N3O. The summed E-state index contributed by atoms with van der Waals surface area (Å²) in [6.45, 7) is 1.95. The summed E-state index contributed by atoms with van der Waals surface area (Å²) in [5, 5.41) is 6.06. The maximum atomic E-state index is 12.1. The van der Waals surface area contributed by atoms with E-state index < -0.39 is 0 Å². The molecule has 0 heterocycles. The summed E-state index contributed by atoms with van der Waals surface area (Å²) < 4.78 is 0. The predicted octanol–water partition coefficient (Wildman–Crippen LogP) is 2.06. The predicted molar refractivity (Wildman–Crippen MR) is 77.2 cm³/mol. The molecule has 0 amide bonds. The maximum Gasteiger partial charge on any atom is 0.193 e. The van der Waals surface area contributed by atoms with Crippen LogP contribution in [-0.2, 0) is 0 Å². The lowest BCUT2D eigenvalue weighted by atomic mass is 9.99. The Bertz CT molecular complexity index is 561. The van der Waals surface area contributed by atoms with E-state index in [0.29, 0.717) is 0 Å². The highest BCUT2D eigenvalue weighted by Crippen LogP contribution is 2.13. The van der Waals surface area contributed by atoms with Crippen LogP contribution in [0.5, 0.6) is 0 Å². The highest BCUT2D eigenvalue weighted by Gasteiger charge is 2.09. The molecule has 0 unspecified atom stereocenters. The number of aryl methyl sites for hydroxylation is 1. The first-order chi connectivity index (χ1) is 9.02. The van der Waals surface area contributed by atoms with Crippen LogP contribution < -0.4 is 11.5 Å². The molecule has 0 aliphatic heterocycles.